The molecule has 0 aliphatic carbocycles. The minimum Gasteiger partial charge on any atom is -1.00 e. The van der Waals surface area contributed by atoms with Gasteiger partial charge in [0, 0.05) is 24.9 Å². The summed E-state index contributed by atoms with van der Waals surface area (Å²) in [7, 11) is 1.82. The summed E-state index contributed by atoms with van der Waals surface area (Å²) in [6.45, 7) is 1.45. The third-order valence-electron chi connectivity index (χ3n) is 3.18. The van der Waals surface area contributed by atoms with Crippen molar-refractivity contribution >= 4 is 11.8 Å². The number of aromatic nitrogens is 4. The van der Waals surface area contributed by atoms with Crippen LogP contribution in [-0.4, -0.2) is 32.5 Å². The molecule has 0 unspecified atom stereocenters. The third kappa shape index (κ3) is 4.80. The van der Waals surface area contributed by atoms with E-state index in [0.29, 0.717) is 6.54 Å². The number of hydrogen-bond donors (Lipinski definition) is 1. The second kappa shape index (κ2) is 8.81. The topological polar surface area (TPSA) is 68.8 Å². The molecule has 6 nitrogen and oxygen atoms in total. The number of thioether (sulfide) groups is 1. The van der Waals surface area contributed by atoms with Gasteiger partial charge in [0.2, 0.25) is 5.16 Å². The van der Waals surface area contributed by atoms with Crippen molar-refractivity contribution in [2.24, 2.45) is 7.05 Å². The zero-order valence-electron chi connectivity index (χ0n) is 12.9. The number of tetrazole rings is 1. The SMILES string of the molecule is Cn1nnnc1SCCNCc1ccc(-c2ccc(F)cc2)o1.[Cl-]. The lowest BCUT2D eigenvalue weighted by Crippen LogP contribution is -3.00. The lowest BCUT2D eigenvalue weighted by Gasteiger charge is -2.02. The Hall–Kier alpha value is -1.90. The maximum absolute atomic E-state index is 12.9. The summed E-state index contributed by atoms with van der Waals surface area (Å²) in [5, 5.41) is 15.4. The summed E-state index contributed by atoms with van der Waals surface area (Å²) in [6, 6.07) is 10.1. The summed E-state index contributed by atoms with van der Waals surface area (Å²) in [6.07, 6.45) is 0. The summed E-state index contributed by atoms with van der Waals surface area (Å²) >= 11 is 1.59. The fourth-order valence-electron chi connectivity index (χ4n) is 2.01. The van der Waals surface area contributed by atoms with E-state index in [1.54, 1.807) is 28.6 Å². The van der Waals surface area contributed by atoms with Crippen LogP contribution in [0.15, 0.2) is 46.0 Å². The lowest BCUT2D eigenvalue weighted by atomic mass is 10.2. The van der Waals surface area contributed by atoms with E-state index in [4.69, 9.17) is 4.42 Å². The van der Waals surface area contributed by atoms with Crippen molar-refractivity contribution in [2.75, 3.05) is 12.3 Å². The van der Waals surface area contributed by atoms with E-state index >= 15 is 0 Å². The highest BCUT2D eigenvalue weighted by molar-refractivity contribution is 7.99. The summed E-state index contributed by atoms with van der Waals surface area (Å²) < 4.78 is 20.3. The first-order chi connectivity index (χ1) is 11.2. The largest absolute Gasteiger partial charge is 1.00 e. The molecule has 3 rings (SSSR count). The molecule has 3 aromatic rings. The average Bonchev–Trinajstić information content (AvgIpc) is 3.17. The first-order valence-corrected chi connectivity index (χ1v) is 8.11. The first kappa shape index (κ1) is 18.4. The maximum Gasteiger partial charge on any atom is 0.209 e. The van der Waals surface area contributed by atoms with Crippen molar-refractivity contribution in [3.05, 3.63) is 48.0 Å². The molecule has 1 N–H and O–H groups in total. The second-order valence-electron chi connectivity index (χ2n) is 4.88. The fraction of sp³-hybridized carbons (Fsp3) is 0.267. The van der Waals surface area contributed by atoms with Gasteiger partial charge in [-0.3, -0.25) is 0 Å². The highest BCUT2D eigenvalue weighted by Crippen LogP contribution is 2.22. The van der Waals surface area contributed by atoms with Crippen LogP contribution in [0.3, 0.4) is 0 Å². The van der Waals surface area contributed by atoms with Gasteiger partial charge in [-0.2, -0.15) is 0 Å². The van der Waals surface area contributed by atoms with Gasteiger partial charge in [0.1, 0.15) is 17.3 Å². The van der Waals surface area contributed by atoms with E-state index in [1.165, 1.54) is 12.1 Å². The van der Waals surface area contributed by atoms with Gasteiger partial charge in [-0.25, -0.2) is 9.07 Å². The molecule has 2 heterocycles. The molecule has 0 saturated carbocycles. The molecule has 0 radical (unpaired) electrons. The van der Waals surface area contributed by atoms with Crippen LogP contribution in [0.25, 0.3) is 11.3 Å². The molecule has 1 aromatic carbocycles. The molecule has 0 atom stereocenters. The molecule has 0 aliphatic heterocycles. The van der Waals surface area contributed by atoms with Crippen LogP contribution in [0, 0.1) is 5.82 Å². The van der Waals surface area contributed by atoms with Gasteiger partial charge in [0.15, 0.2) is 0 Å². The Labute approximate surface area is 149 Å². The van der Waals surface area contributed by atoms with Crippen molar-refractivity contribution in [2.45, 2.75) is 11.7 Å². The van der Waals surface area contributed by atoms with Crippen LogP contribution in [-0.2, 0) is 13.6 Å². The molecule has 0 bridgehead atoms. The lowest BCUT2D eigenvalue weighted by molar-refractivity contribution is -0.00000605. The maximum atomic E-state index is 12.9. The molecule has 0 fully saturated rings. The molecule has 0 aliphatic rings. The summed E-state index contributed by atoms with van der Waals surface area (Å²) in [4.78, 5) is 0. The number of nitrogens with zero attached hydrogens (tertiary/aromatic N) is 4. The van der Waals surface area contributed by atoms with Crippen molar-refractivity contribution in [1.29, 1.82) is 0 Å². The number of hydrogen-bond acceptors (Lipinski definition) is 6. The van der Waals surface area contributed by atoms with Crippen molar-refractivity contribution in [3.63, 3.8) is 0 Å². The van der Waals surface area contributed by atoms with Gasteiger partial charge < -0.3 is 22.1 Å². The van der Waals surface area contributed by atoms with E-state index < -0.39 is 0 Å². The smallest absolute Gasteiger partial charge is 0.209 e. The minimum atomic E-state index is -0.252. The van der Waals surface area contributed by atoms with Crippen LogP contribution in [0.5, 0.6) is 0 Å². The number of furan rings is 1. The van der Waals surface area contributed by atoms with E-state index in [0.717, 1.165) is 34.5 Å². The summed E-state index contributed by atoms with van der Waals surface area (Å²) in [5.41, 5.74) is 0.864. The minimum absolute atomic E-state index is 0. The average molecular weight is 369 g/mol. The van der Waals surface area contributed by atoms with Gasteiger partial charge >= 0.3 is 0 Å². The highest BCUT2D eigenvalue weighted by atomic mass is 35.5. The Bertz CT molecular complexity index is 761. The normalized spacial score (nSPS) is 10.6. The number of nitrogens with one attached hydrogen (secondary N) is 1. The number of aryl methyl sites for hydroxylation is 1. The molecular weight excluding hydrogens is 353 g/mol. The molecule has 0 amide bonds. The van der Waals surface area contributed by atoms with Crippen LogP contribution in [0.4, 0.5) is 4.39 Å². The zero-order valence-corrected chi connectivity index (χ0v) is 14.5. The van der Waals surface area contributed by atoms with Crippen LogP contribution < -0.4 is 17.7 Å². The van der Waals surface area contributed by atoms with Crippen molar-refractivity contribution < 1.29 is 21.2 Å². The summed E-state index contributed by atoms with van der Waals surface area (Å²) in [5.74, 6) is 2.19. The Morgan fingerprint density at radius 2 is 2.00 bits per heavy atom. The van der Waals surface area contributed by atoms with E-state index in [2.05, 4.69) is 20.8 Å². The van der Waals surface area contributed by atoms with Crippen LogP contribution >= 0.6 is 11.8 Å². The standard InChI is InChI=1S/C15H16FN5OS.ClH/c1-21-15(18-19-20-21)23-9-8-17-10-13-6-7-14(22-13)11-2-4-12(16)5-3-11;/h2-7,17H,8-10H2,1H3;1H/p-1. The Morgan fingerprint density at radius 1 is 1.21 bits per heavy atom. The molecule has 24 heavy (non-hydrogen) atoms. The highest BCUT2D eigenvalue weighted by Gasteiger charge is 2.05. The molecule has 2 aromatic heterocycles. The molecular formula is C15H16ClFN5OS-. The number of halogens is 2. The fourth-order valence-corrected chi connectivity index (χ4v) is 2.76. The van der Waals surface area contributed by atoms with Crippen molar-refractivity contribution in [1.82, 2.24) is 25.5 Å². The molecule has 0 spiro atoms. The molecule has 128 valence electrons. The Balaban J connectivity index is 0.00000208. The number of benzene rings is 1. The molecule has 0 saturated heterocycles. The second-order valence-corrected chi connectivity index (χ2v) is 5.95. The van der Waals surface area contributed by atoms with Crippen LogP contribution in [0.2, 0.25) is 0 Å². The van der Waals surface area contributed by atoms with Gasteiger partial charge in [0.25, 0.3) is 0 Å². The Morgan fingerprint density at radius 3 is 2.71 bits per heavy atom. The first-order valence-electron chi connectivity index (χ1n) is 7.13. The van der Waals surface area contributed by atoms with Gasteiger partial charge in [0.05, 0.1) is 6.54 Å². The zero-order chi connectivity index (χ0) is 16.1. The van der Waals surface area contributed by atoms with E-state index in [1.807, 2.05) is 19.2 Å². The van der Waals surface area contributed by atoms with E-state index in [9.17, 15) is 4.39 Å². The van der Waals surface area contributed by atoms with Crippen LogP contribution in [0.1, 0.15) is 5.76 Å². The predicted molar refractivity (Wildman–Crippen MR) is 85.3 cm³/mol. The Kier molecular flexibility index (Phi) is 6.77. The predicted octanol–water partition coefficient (Wildman–Crippen LogP) is -0.505. The van der Waals surface area contributed by atoms with Gasteiger partial charge in [-0.1, -0.05) is 11.8 Å². The monoisotopic (exact) mass is 368 g/mol. The van der Waals surface area contributed by atoms with E-state index in [-0.39, 0.29) is 18.2 Å². The third-order valence-corrected chi connectivity index (χ3v) is 4.19. The molecule has 9 heteroatoms. The number of rotatable bonds is 7. The van der Waals surface area contributed by atoms with Gasteiger partial charge in [-0.05, 0) is 46.8 Å². The van der Waals surface area contributed by atoms with Gasteiger partial charge in [-0.15, -0.1) is 5.10 Å². The quantitative estimate of drug-likeness (QED) is 0.448. The van der Waals surface area contributed by atoms with Crippen molar-refractivity contribution in [3.8, 4) is 11.3 Å².